The van der Waals surface area contributed by atoms with Crippen molar-refractivity contribution in [2.45, 2.75) is 13.1 Å². The molecule has 0 atom stereocenters. The second-order valence-corrected chi connectivity index (χ2v) is 6.34. The summed E-state index contributed by atoms with van der Waals surface area (Å²) in [5.74, 6) is 0.739. The maximum atomic E-state index is 4.71. The fourth-order valence-electron chi connectivity index (χ4n) is 3.11. The van der Waals surface area contributed by atoms with Crippen LogP contribution in [0.3, 0.4) is 0 Å². The fraction of sp³-hybridized carbons (Fsp3) is 0.100. The Morgan fingerprint density at radius 1 is 0.963 bits per heavy atom. The van der Waals surface area contributed by atoms with E-state index in [4.69, 9.17) is 4.98 Å². The maximum Gasteiger partial charge on any atom is 0.168 e. The van der Waals surface area contributed by atoms with E-state index in [1.54, 1.807) is 12.5 Å². The summed E-state index contributed by atoms with van der Waals surface area (Å²) in [6.45, 7) is 1.37. The van der Waals surface area contributed by atoms with Crippen LogP contribution in [0.5, 0.6) is 0 Å². The molecule has 5 rings (SSSR count). The molecule has 2 aromatic carbocycles. The van der Waals surface area contributed by atoms with Crippen LogP contribution in [0.2, 0.25) is 0 Å². The van der Waals surface area contributed by atoms with Crippen LogP contribution in [-0.4, -0.2) is 29.7 Å². The maximum absolute atomic E-state index is 4.71. The van der Waals surface area contributed by atoms with E-state index in [2.05, 4.69) is 37.6 Å². The molecule has 132 valence electrons. The number of nitrogens with one attached hydrogen (secondary N) is 2. The smallest absolute Gasteiger partial charge is 0.168 e. The van der Waals surface area contributed by atoms with Gasteiger partial charge in [-0.1, -0.05) is 30.3 Å². The number of H-pyrrole nitrogens is 1. The predicted octanol–water partition coefficient (Wildman–Crippen LogP) is 2.98. The molecule has 0 amide bonds. The summed E-state index contributed by atoms with van der Waals surface area (Å²) < 4.78 is 1.97. The molecule has 3 heterocycles. The van der Waals surface area contributed by atoms with Gasteiger partial charge in [0.1, 0.15) is 17.7 Å². The zero-order chi connectivity index (χ0) is 18.1. The summed E-state index contributed by atoms with van der Waals surface area (Å²) in [5.41, 5.74) is 4.76. The highest BCUT2D eigenvalue weighted by atomic mass is 15.1. The Hall–Kier alpha value is -3.58. The van der Waals surface area contributed by atoms with E-state index in [1.807, 2.05) is 47.2 Å². The van der Waals surface area contributed by atoms with Crippen LogP contribution >= 0.6 is 0 Å². The van der Waals surface area contributed by atoms with Crippen LogP contribution < -0.4 is 5.32 Å². The van der Waals surface area contributed by atoms with Gasteiger partial charge < -0.3 is 5.32 Å². The Morgan fingerprint density at radius 3 is 2.81 bits per heavy atom. The monoisotopic (exact) mass is 355 g/mol. The lowest BCUT2D eigenvalue weighted by molar-refractivity contribution is 0.664. The van der Waals surface area contributed by atoms with Crippen LogP contribution in [0.1, 0.15) is 11.4 Å². The molecule has 0 bridgehead atoms. The van der Waals surface area contributed by atoms with Crippen molar-refractivity contribution in [2.24, 2.45) is 0 Å². The molecule has 27 heavy (non-hydrogen) atoms. The highest BCUT2D eigenvalue weighted by molar-refractivity contribution is 5.81. The van der Waals surface area contributed by atoms with Crippen molar-refractivity contribution in [1.29, 1.82) is 0 Å². The normalized spacial score (nSPS) is 11.4. The summed E-state index contributed by atoms with van der Waals surface area (Å²) in [7, 11) is 0. The number of rotatable bonds is 5. The van der Waals surface area contributed by atoms with Gasteiger partial charge in [0.25, 0.3) is 0 Å². The molecule has 0 fully saturated rings. The molecule has 0 saturated heterocycles. The van der Waals surface area contributed by atoms with Crippen molar-refractivity contribution in [3.05, 3.63) is 78.6 Å². The van der Waals surface area contributed by atoms with Gasteiger partial charge in [0.15, 0.2) is 5.65 Å². The average molecular weight is 355 g/mol. The molecule has 0 unspecified atom stereocenters. The highest BCUT2D eigenvalue weighted by Gasteiger charge is 2.09. The minimum absolute atomic E-state index is 0.593. The first-order valence-electron chi connectivity index (χ1n) is 8.74. The highest BCUT2D eigenvalue weighted by Crippen LogP contribution is 2.20. The molecule has 5 aromatic rings. The van der Waals surface area contributed by atoms with Gasteiger partial charge in [-0.25, -0.2) is 15.0 Å². The molecule has 0 radical (unpaired) electrons. The Kier molecular flexibility index (Phi) is 3.84. The second-order valence-electron chi connectivity index (χ2n) is 6.34. The number of hydrogen-bond acceptors (Lipinski definition) is 5. The van der Waals surface area contributed by atoms with E-state index in [9.17, 15) is 0 Å². The molecule has 0 aliphatic carbocycles. The molecule has 0 spiro atoms. The zero-order valence-electron chi connectivity index (χ0n) is 14.5. The van der Waals surface area contributed by atoms with Crippen LogP contribution in [0, 0.1) is 0 Å². The summed E-state index contributed by atoms with van der Waals surface area (Å²) in [6, 6.07) is 16.4. The molecule has 2 N–H and O–H groups in total. The molecular weight excluding hydrogens is 338 g/mol. The van der Waals surface area contributed by atoms with Crippen molar-refractivity contribution in [2.75, 3.05) is 0 Å². The van der Waals surface area contributed by atoms with Crippen LogP contribution in [-0.2, 0) is 13.1 Å². The predicted molar refractivity (Wildman–Crippen MR) is 103 cm³/mol. The third-order valence-electron chi connectivity index (χ3n) is 4.50. The van der Waals surface area contributed by atoms with Crippen molar-refractivity contribution < 1.29 is 0 Å². The summed E-state index contributed by atoms with van der Waals surface area (Å²) in [6.07, 6.45) is 5.36. The Labute approximate surface area is 155 Å². The fourth-order valence-corrected chi connectivity index (χ4v) is 3.11. The Balaban J connectivity index is 1.42. The van der Waals surface area contributed by atoms with E-state index >= 15 is 0 Å². The van der Waals surface area contributed by atoms with E-state index in [-0.39, 0.29) is 0 Å². The van der Waals surface area contributed by atoms with E-state index in [0.717, 1.165) is 40.1 Å². The lowest BCUT2D eigenvalue weighted by atomic mass is 10.2. The van der Waals surface area contributed by atoms with Gasteiger partial charge >= 0.3 is 0 Å². The van der Waals surface area contributed by atoms with Crippen LogP contribution in [0.4, 0.5) is 0 Å². The average Bonchev–Trinajstić information content (AvgIpc) is 3.34. The molecule has 0 aliphatic rings. The number of benzene rings is 2. The summed E-state index contributed by atoms with van der Waals surface area (Å²) >= 11 is 0. The lowest BCUT2D eigenvalue weighted by Crippen LogP contribution is -2.15. The van der Waals surface area contributed by atoms with Crippen LogP contribution in [0.25, 0.3) is 27.8 Å². The van der Waals surface area contributed by atoms with Gasteiger partial charge in [-0.05, 0) is 23.8 Å². The number of hydrogen-bond donors (Lipinski definition) is 2. The molecule has 3 aromatic heterocycles. The Morgan fingerprint density at radius 2 is 1.89 bits per heavy atom. The number of fused-ring (bicyclic) bond motifs is 2. The quantitative estimate of drug-likeness (QED) is 0.506. The van der Waals surface area contributed by atoms with Gasteiger partial charge in [-0.15, -0.1) is 0 Å². The Bertz CT molecular complexity index is 1210. The van der Waals surface area contributed by atoms with Crippen molar-refractivity contribution >= 4 is 22.1 Å². The standard InChI is InChI=1S/C20H17N7/c1-2-4-14(5-3-1)9-21-12-19-22-11-18-20(25-19)27(13-23-18)16-7-6-15-10-24-26-17(15)8-16/h1-8,10-11,13,21H,9,12H2,(H,24,26). The first-order valence-corrected chi connectivity index (χ1v) is 8.74. The van der Waals surface area contributed by atoms with Crippen molar-refractivity contribution in [3.63, 3.8) is 0 Å². The largest absolute Gasteiger partial charge is 0.306 e. The lowest BCUT2D eigenvalue weighted by Gasteiger charge is -2.06. The minimum atomic E-state index is 0.593. The summed E-state index contributed by atoms with van der Waals surface area (Å²) in [5, 5.41) is 11.5. The van der Waals surface area contributed by atoms with Crippen molar-refractivity contribution in [1.82, 2.24) is 35.0 Å². The second kappa shape index (κ2) is 6.62. The summed E-state index contributed by atoms with van der Waals surface area (Å²) in [4.78, 5) is 13.6. The third kappa shape index (κ3) is 3.04. The topological polar surface area (TPSA) is 84.3 Å². The van der Waals surface area contributed by atoms with Crippen molar-refractivity contribution in [3.8, 4) is 5.69 Å². The van der Waals surface area contributed by atoms with Crippen LogP contribution in [0.15, 0.2) is 67.3 Å². The number of aromatic amines is 1. The molecule has 0 saturated carbocycles. The van der Waals surface area contributed by atoms with Gasteiger partial charge in [0.05, 0.1) is 30.1 Å². The van der Waals surface area contributed by atoms with Gasteiger partial charge in [0, 0.05) is 11.9 Å². The van der Waals surface area contributed by atoms with E-state index < -0.39 is 0 Å². The zero-order valence-corrected chi connectivity index (χ0v) is 14.5. The van der Waals surface area contributed by atoms with Gasteiger partial charge in [-0.2, -0.15) is 5.10 Å². The number of aromatic nitrogens is 6. The minimum Gasteiger partial charge on any atom is -0.306 e. The SMILES string of the molecule is c1ccc(CNCc2ncc3ncn(-c4ccc5cn[nH]c5c4)c3n2)cc1. The number of imidazole rings is 1. The third-order valence-corrected chi connectivity index (χ3v) is 4.50. The van der Waals surface area contributed by atoms with E-state index in [1.165, 1.54) is 5.56 Å². The first-order chi connectivity index (χ1) is 13.4. The van der Waals surface area contributed by atoms with Gasteiger partial charge in [0.2, 0.25) is 0 Å². The first kappa shape index (κ1) is 15.7. The molecule has 0 aliphatic heterocycles. The van der Waals surface area contributed by atoms with E-state index in [0.29, 0.717) is 6.54 Å². The molecule has 7 nitrogen and oxygen atoms in total. The van der Waals surface area contributed by atoms with Gasteiger partial charge in [-0.3, -0.25) is 9.67 Å². The molecule has 7 heteroatoms. The number of nitrogens with zero attached hydrogens (tertiary/aromatic N) is 5. The molecular formula is C20H17N7.